The third-order valence-electron chi connectivity index (χ3n) is 6.72. The third-order valence-corrected chi connectivity index (χ3v) is 7.35. The van der Waals surface area contributed by atoms with Crippen LogP contribution in [0.4, 0.5) is 23.7 Å². The smallest absolute Gasteiger partial charge is 0.361 e. The number of fused-ring (bicyclic) bond motifs is 1. The lowest BCUT2D eigenvalue weighted by molar-refractivity contribution is -0.137. The van der Waals surface area contributed by atoms with Crippen molar-refractivity contribution in [2.45, 2.75) is 39.0 Å². The van der Waals surface area contributed by atoms with Gasteiger partial charge >= 0.3 is 12.2 Å². The number of urea groups is 1. The van der Waals surface area contributed by atoms with Crippen molar-refractivity contribution in [2.24, 2.45) is 0 Å². The Hall–Kier alpha value is -3.69. The van der Waals surface area contributed by atoms with Gasteiger partial charge in [0.05, 0.1) is 21.3 Å². The van der Waals surface area contributed by atoms with E-state index in [1.54, 1.807) is 36.9 Å². The first-order valence-electron chi connectivity index (χ1n) is 12.9. The normalized spacial score (nSPS) is 11.6. The molecule has 11 heteroatoms. The SMILES string of the molecule is CC(C)N(CC(=O)N(CCc1c[nH]c2ccccc12)Cc1ccc(C(F)(F)F)cc1)C(=O)Nc1c(Cl)cccc1Cl. The van der Waals surface area contributed by atoms with Crippen LogP contribution in [0.25, 0.3) is 10.9 Å². The van der Waals surface area contributed by atoms with Crippen LogP contribution in [0.5, 0.6) is 0 Å². The Balaban J connectivity index is 1.55. The lowest BCUT2D eigenvalue weighted by Crippen LogP contribution is -2.47. The van der Waals surface area contributed by atoms with Crippen molar-refractivity contribution in [1.29, 1.82) is 0 Å². The van der Waals surface area contributed by atoms with Crippen LogP contribution in [0.3, 0.4) is 0 Å². The van der Waals surface area contributed by atoms with Crippen molar-refractivity contribution in [2.75, 3.05) is 18.4 Å². The zero-order valence-corrected chi connectivity index (χ0v) is 23.9. The van der Waals surface area contributed by atoms with E-state index in [-0.39, 0.29) is 47.3 Å². The molecule has 0 saturated carbocycles. The number of carbonyl (C=O) groups is 2. The minimum atomic E-state index is -4.46. The van der Waals surface area contributed by atoms with E-state index in [1.165, 1.54) is 17.0 Å². The maximum atomic E-state index is 13.7. The second-order valence-electron chi connectivity index (χ2n) is 9.87. The number of H-pyrrole nitrogens is 1. The number of rotatable bonds is 9. The minimum Gasteiger partial charge on any atom is -0.361 e. The summed E-state index contributed by atoms with van der Waals surface area (Å²) in [5.74, 6) is -0.362. The predicted octanol–water partition coefficient (Wildman–Crippen LogP) is 8.01. The standard InChI is InChI=1S/C30H29Cl2F3N4O2/c1-19(2)39(29(41)37-28-24(31)7-5-8-25(28)32)18-27(40)38(17-20-10-12-22(13-11-20)30(33,34)35)15-14-21-16-36-26-9-4-3-6-23(21)26/h3-13,16,19,36H,14-15,17-18H2,1-2H3,(H,37,41). The average Bonchev–Trinajstić information content (AvgIpc) is 3.34. The Morgan fingerprint density at radius 2 is 1.61 bits per heavy atom. The molecule has 6 nitrogen and oxygen atoms in total. The number of hydrogen-bond donors (Lipinski definition) is 2. The van der Waals surface area contributed by atoms with Crippen molar-refractivity contribution >= 4 is 51.7 Å². The molecule has 41 heavy (non-hydrogen) atoms. The molecule has 0 aliphatic rings. The summed E-state index contributed by atoms with van der Waals surface area (Å²) in [4.78, 5) is 33.0. The van der Waals surface area contributed by atoms with Crippen LogP contribution in [0.1, 0.15) is 30.5 Å². The number of hydrogen-bond acceptors (Lipinski definition) is 2. The molecule has 0 bridgehead atoms. The van der Waals surface area contributed by atoms with Gasteiger partial charge in [0.25, 0.3) is 0 Å². The number of aromatic nitrogens is 1. The molecule has 216 valence electrons. The summed E-state index contributed by atoms with van der Waals surface area (Å²) in [7, 11) is 0. The van der Waals surface area contributed by atoms with Crippen molar-refractivity contribution in [3.63, 3.8) is 0 Å². The molecule has 0 saturated heterocycles. The second kappa shape index (κ2) is 12.9. The summed E-state index contributed by atoms with van der Waals surface area (Å²) in [5, 5.41) is 4.22. The number of benzene rings is 3. The average molecular weight is 605 g/mol. The highest BCUT2D eigenvalue weighted by atomic mass is 35.5. The molecule has 0 spiro atoms. The van der Waals surface area contributed by atoms with E-state index < -0.39 is 17.8 Å². The highest BCUT2D eigenvalue weighted by molar-refractivity contribution is 6.39. The van der Waals surface area contributed by atoms with E-state index in [9.17, 15) is 22.8 Å². The number of alkyl halides is 3. The van der Waals surface area contributed by atoms with Crippen molar-refractivity contribution < 1.29 is 22.8 Å². The summed E-state index contributed by atoms with van der Waals surface area (Å²) in [5.41, 5.74) is 1.97. The van der Waals surface area contributed by atoms with E-state index >= 15 is 0 Å². The summed E-state index contributed by atoms with van der Waals surface area (Å²) < 4.78 is 39.3. The quantitative estimate of drug-likeness (QED) is 0.203. The molecule has 0 aliphatic heterocycles. The van der Waals surface area contributed by atoms with Crippen molar-refractivity contribution in [1.82, 2.24) is 14.8 Å². The Bertz CT molecular complexity index is 1500. The molecule has 1 aromatic heterocycles. The van der Waals surface area contributed by atoms with Gasteiger partial charge in [-0.3, -0.25) is 4.79 Å². The molecule has 4 aromatic rings. The largest absolute Gasteiger partial charge is 0.416 e. The molecule has 0 atom stereocenters. The number of nitrogens with one attached hydrogen (secondary N) is 2. The Morgan fingerprint density at radius 1 is 0.951 bits per heavy atom. The van der Waals surface area contributed by atoms with Gasteiger partial charge < -0.3 is 20.1 Å². The Labute approximate surface area is 246 Å². The maximum Gasteiger partial charge on any atom is 0.416 e. The van der Waals surface area contributed by atoms with E-state index in [2.05, 4.69) is 10.3 Å². The number of para-hydroxylation sites is 2. The molecule has 3 amide bonds. The van der Waals surface area contributed by atoms with Crippen molar-refractivity contribution in [3.8, 4) is 0 Å². The monoisotopic (exact) mass is 604 g/mol. The number of anilines is 1. The zero-order chi connectivity index (χ0) is 29.7. The first-order chi connectivity index (χ1) is 19.4. The van der Waals surface area contributed by atoms with Crippen molar-refractivity contribution in [3.05, 3.63) is 99.7 Å². The molecule has 3 aromatic carbocycles. The van der Waals surface area contributed by atoms with Crippen LogP contribution in [0.15, 0.2) is 72.9 Å². The Morgan fingerprint density at radius 3 is 2.24 bits per heavy atom. The van der Waals surface area contributed by atoms with E-state index in [0.29, 0.717) is 12.0 Å². The lowest BCUT2D eigenvalue weighted by Gasteiger charge is -2.30. The van der Waals surface area contributed by atoms with Crippen LogP contribution in [-0.4, -0.2) is 45.9 Å². The molecule has 0 fully saturated rings. The van der Waals surface area contributed by atoms with Gasteiger partial charge in [0.1, 0.15) is 6.54 Å². The summed E-state index contributed by atoms with van der Waals surface area (Å²) >= 11 is 12.4. The molecular formula is C30H29Cl2F3N4O2. The summed E-state index contributed by atoms with van der Waals surface area (Å²) in [6.07, 6.45) is -2.08. The van der Waals surface area contributed by atoms with Crippen LogP contribution in [-0.2, 0) is 23.9 Å². The van der Waals surface area contributed by atoms with Gasteiger partial charge in [0, 0.05) is 36.2 Å². The van der Waals surface area contributed by atoms with E-state index in [4.69, 9.17) is 23.2 Å². The van der Waals surface area contributed by atoms with Gasteiger partial charge in [-0.25, -0.2) is 4.79 Å². The topological polar surface area (TPSA) is 68.4 Å². The number of carbonyl (C=O) groups excluding carboxylic acids is 2. The first-order valence-corrected chi connectivity index (χ1v) is 13.7. The molecule has 2 N–H and O–H groups in total. The second-order valence-corrected chi connectivity index (χ2v) is 10.7. The number of aromatic amines is 1. The van der Waals surface area contributed by atoms with Crippen LogP contribution in [0, 0.1) is 0 Å². The van der Waals surface area contributed by atoms with E-state index in [0.717, 1.165) is 28.6 Å². The fourth-order valence-corrected chi connectivity index (χ4v) is 4.93. The highest BCUT2D eigenvalue weighted by Crippen LogP contribution is 2.31. The summed E-state index contributed by atoms with van der Waals surface area (Å²) in [6.45, 7) is 3.63. The fraction of sp³-hybridized carbons (Fsp3) is 0.267. The molecule has 0 aliphatic carbocycles. The van der Waals surface area contributed by atoms with E-state index in [1.807, 2.05) is 30.5 Å². The molecule has 0 radical (unpaired) electrons. The molecule has 4 rings (SSSR count). The van der Waals surface area contributed by atoms with Gasteiger partial charge in [-0.15, -0.1) is 0 Å². The molecule has 1 heterocycles. The highest BCUT2D eigenvalue weighted by Gasteiger charge is 2.30. The predicted molar refractivity (Wildman–Crippen MR) is 156 cm³/mol. The maximum absolute atomic E-state index is 13.7. The summed E-state index contributed by atoms with van der Waals surface area (Å²) in [6, 6.07) is 16.4. The fourth-order valence-electron chi connectivity index (χ4n) is 4.44. The third kappa shape index (κ3) is 7.54. The van der Waals surface area contributed by atoms with Gasteiger partial charge in [0.2, 0.25) is 5.91 Å². The minimum absolute atomic E-state index is 0.0726. The van der Waals surface area contributed by atoms with Gasteiger partial charge in [-0.2, -0.15) is 13.2 Å². The van der Waals surface area contributed by atoms with Crippen LogP contribution < -0.4 is 5.32 Å². The first kappa shape index (κ1) is 30.3. The van der Waals surface area contributed by atoms with Gasteiger partial charge in [-0.1, -0.05) is 59.6 Å². The molecular weight excluding hydrogens is 576 g/mol. The van der Waals surface area contributed by atoms with Crippen LogP contribution in [0.2, 0.25) is 10.0 Å². The van der Waals surface area contributed by atoms with Crippen LogP contribution >= 0.6 is 23.2 Å². The number of nitrogens with zero attached hydrogens (tertiary/aromatic N) is 2. The number of halogens is 5. The lowest BCUT2D eigenvalue weighted by atomic mass is 10.1. The van der Waals surface area contributed by atoms with Gasteiger partial charge in [-0.05, 0) is 61.7 Å². The molecule has 0 unspecified atom stereocenters. The zero-order valence-electron chi connectivity index (χ0n) is 22.4. The number of amides is 3. The Kier molecular flexibility index (Phi) is 9.50. The van der Waals surface area contributed by atoms with Gasteiger partial charge in [0.15, 0.2) is 0 Å².